The van der Waals surface area contributed by atoms with Crippen molar-refractivity contribution in [1.82, 2.24) is 10.6 Å². The molecule has 0 radical (unpaired) electrons. The van der Waals surface area contributed by atoms with Crippen molar-refractivity contribution < 1.29 is 0 Å². The molecule has 1 heterocycles. The van der Waals surface area contributed by atoms with Crippen LogP contribution in [-0.4, -0.2) is 19.1 Å². The van der Waals surface area contributed by atoms with Gasteiger partial charge in [-0.1, -0.05) is 19.8 Å². The molecule has 2 rings (SSSR count). The fourth-order valence-corrected chi connectivity index (χ4v) is 3.34. The Morgan fingerprint density at radius 1 is 1.18 bits per heavy atom. The molecule has 0 amide bonds. The van der Waals surface area contributed by atoms with E-state index in [-0.39, 0.29) is 0 Å². The average molecular weight is 252 g/mol. The monoisotopic (exact) mass is 252 g/mol. The number of rotatable bonds is 7. The first-order valence-electron chi connectivity index (χ1n) is 6.90. The second-order valence-corrected chi connectivity index (χ2v) is 6.09. The maximum absolute atomic E-state index is 3.63. The highest BCUT2D eigenvalue weighted by molar-refractivity contribution is 7.11. The molecule has 2 nitrogen and oxygen atoms in total. The molecule has 1 saturated carbocycles. The summed E-state index contributed by atoms with van der Waals surface area (Å²) in [6, 6.07) is 5.30. The van der Waals surface area contributed by atoms with Crippen molar-refractivity contribution in [2.75, 3.05) is 13.1 Å². The Balaban J connectivity index is 1.53. The number of nitrogens with one attached hydrogen (secondary N) is 2. The van der Waals surface area contributed by atoms with Gasteiger partial charge in [0.15, 0.2) is 0 Å². The smallest absolute Gasteiger partial charge is 0.0300 e. The van der Waals surface area contributed by atoms with Gasteiger partial charge in [-0.15, -0.1) is 11.3 Å². The molecule has 0 spiro atoms. The van der Waals surface area contributed by atoms with Crippen LogP contribution in [0.15, 0.2) is 12.1 Å². The van der Waals surface area contributed by atoms with Gasteiger partial charge >= 0.3 is 0 Å². The van der Waals surface area contributed by atoms with E-state index in [4.69, 9.17) is 0 Å². The van der Waals surface area contributed by atoms with Gasteiger partial charge in [-0.3, -0.25) is 0 Å². The number of hydrogen-bond acceptors (Lipinski definition) is 3. The largest absolute Gasteiger partial charge is 0.313 e. The van der Waals surface area contributed by atoms with Crippen molar-refractivity contribution in [2.24, 2.45) is 0 Å². The zero-order valence-electron chi connectivity index (χ0n) is 10.8. The van der Waals surface area contributed by atoms with Crippen LogP contribution in [-0.2, 0) is 13.0 Å². The lowest BCUT2D eigenvalue weighted by atomic mass is 10.2. The van der Waals surface area contributed by atoms with Gasteiger partial charge < -0.3 is 10.6 Å². The van der Waals surface area contributed by atoms with Gasteiger partial charge in [-0.2, -0.15) is 0 Å². The lowest BCUT2D eigenvalue weighted by Crippen LogP contribution is -2.33. The van der Waals surface area contributed by atoms with Crippen LogP contribution < -0.4 is 10.6 Å². The van der Waals surface area contributed by atoms with E-state index in [0.717, 1.165) is 32.1 Å². The lowest BCUT2D eigenvalue weighted by molar-refractivity contribution is 0.509. The van der Waals surface area contributed by atoms with Gasteiger partial charge in [-0.25, -0.2) is 0 Å². The maximum atomic E-state index is 3.63. The minimum absolute atomic E-state index is 0.797. The minimum Gasteiger partial charge on any atom is -0.313 e. The molecule has 0 atom stereocenters. The molecule has 1 fully saturated rings. The minimum atomic E-state index is 0.797. The van der Waals surface area contributed by atoms with E-state index in [9.17, 15) is 0 Å². The molecule has 2 N–H and O–H groups in total. The summed E-state index contributed by atoms with van der Waals surface area (Å²) in [6.07, 6.45) is 6.75. The van der Waals surface area contributed by atoms with Gasteiger partial charge in [0, 0.05) is 35.4 Å². The predicted octanol–water partition coefficient (Wildman–Crippen LogP) is 2.93. The molecule has 0 unspecified atom stereocenters. The third-order valence-corrected chi connectivity index (χ3v) is 4.68. The van der Waals surface area contributed by atoms with Crippen LogP contribution >= 0.6 is 11.3 Å². The summed E-state index contributed by atoms with van der Waals surface area (Å²) < 4.78 is 0. The molecule has 3 heteroatoms. The molecule has 0 aliphatic heterocycles. The highest BCUT2D eigenvalue weighted by Crippen LogP contribution is 2.17. The van der Waals surface area contributed by atoms with Gasteiger partial charge in [0.2, 0.25) is 0 Å². The molecule has 0 saturated heterocycles. The van der Waals surface area contributed by atoms with Crippen LogP contribution in [0.25, 0.3) is 0 Å². The predicted molar refractivity (Wildman–Crippen MR) is 75.7 cm³/mol. The Kier molecular flexibility index (Phi) is 5.49. The van der Waals surface area contributed by atoms with Crippen molar-refractivity contribution >= 4 is 11.3 Å². The normalized spacial score (nSPS) is 16.8. The summed E-state index contributed by atoms with van der Waals surface area (Å²) in [5, 5.41) is 7.14. The fourth-order valence-electron chi connectivity index (χ4n) is 2.41. The third-order valence-electron chi connectivity index (χ3n) is 3.45. The van der Waals surface area contributed by atoms with Crippen molar-refractivity contribution in [2.45, 2.75) is 51.6 Å². The van der Waals surface area contributed by atoms with E-state index in [1.54, 1.807) is 0 Å². The van der Waals surface area contributed by atoms with Crippen LogP contribution in [0.3, 0.4) is 0 Å². The standard InChI is InChI=1S/C14H24N2S/c1-2-13-7-8-14(17-13)11-15-9-10-16-12-5-3-4-6-12/h7-8,12,15-16H,2-6,9-11H2,1H3. The van der Waals surface area contributed by atoms with E-state index in [2.05, 4.69) is 29.7 Å². The van der Waals surface area contributed by atoms with Gasteiger partial charge in [0.25, 0.3) is 0 Å². The highest BCUT2D eigenvalue weighted by Gasteiger charge is 2.12. The van der Waals surface area contributed by atoms with Crippen LogP contribution in [0.5, 0.6) is 0 Å². The van der Waals surface area contributed by atoms with Crippen molar-refractivity contribution in [3.05, 3.63) is 21.9 Å². The quantitative estimate of drug-likeness (QED) is 0.729. The number of hydrogen-bond donors (Lipinski definition) is 2. The zero-order valence-corrected chi connectivity index (χ0v) is 11.6. The topological polar surface area (TPSA) is 24.1 Å². The molecule has 1 aromatic heterocycles. The van der Waals surface area contributed by atoms with Gasteiger partial charge in [-0.05, 0) is 31.4 Å². The fraction of sp³-hybridized carbons (Fsp3) is 0.714. The maximum Gasteiger partial charge on any atom is 0.0300 e. The first kappa shape index (κ1) is 13.1. The van der Waals surface area contributed by atoms with Crippen molar-refractivity contribution in [1.29, 1.82) is 0 Å². The van der Waals surface area contributed by atoms with Crippen LogP contribution in [0.1, 0.15) is 42.4 Å². The Bertz CT molecular complexity index is 316. The Labute approximate surface area is 109 Å². The summed E-state index contributed by atoms with van der Waals surface area (Å²) in [5.74, 6) is 0. The number of thiophene rings is 1. The average Bonchev–Trinajstić information content (AvgIpc) is 2.99. The first-order chi connectivity index (χ1) is 8.38. The summed E-state index contributed by atoms with van der Waals surface area (Å²) in [5.41, 5.74) is 0. The second kappa shape index (κ2) is 7.14. The molecule has 0 bridgehead atoms. The molecule has 17 heavy (non-hydrogen) atoms. The first-order valence-corrected chi connectivity index (χ1v) is 7.72. The molecule has 1 aliphatic rings. The van der Waals surface area contributed by atoms with Crippen LogP contribution in [0.4, 0.5) is 0 Å². The molecule has 1 aromatic rings. The summed E-state index contributed by atoms with van der Waals surface area (Å²) >= 11 is 1.93. The van der Waals surface area contributed by atoms with E-state index < -0.39 is 0 Å². The summed E-state index contributed by atoms with van der Waals surface area (Å²) in [7, 11) is 0. The molecular weight excluding hydrogens is 228 g/mol. The van der Waals surface area contributed by atoms with E-state index in [0.29, 0.717) is 0 Å². The highest BCUT2D eigenvalue weighted by atomic mass is 32.1. The molecular formula is C14H24N2S. The Morgan fingerprint density at radius 2 is 1.94 bits per heavy atom. The van der Waals surface area contributed by atoms with Crippen molar-refractivity contribution in [3.8, 4) is 0 Å². The van der Waals surface area contributed by atoms with Gasteiger partial charge in [0.1, 0.15) is 0 Å². The van der Waals surface area contributed by atoms with Crippen LogP contribution in [0.2, 0.25) is 0 Å². The Hall–Kier alpha value is -0.380. The molecule has 0 aromatic carbocycles. The molecule has 1 aliphatic carbocycles. The van der Waals surface area contributed by atoms with Gasteiger partial charge in [0.05, 0.1) is 0 Å². The summed E-state index contributed by atoms with van der Waals surface area (Å²) in [4.78, 5) is 2.95. The van der Waals surface area contributed by atoms with E-state index in [1.165, 1.54) is 35.4 Å². The van der Waals surface area contributed by atoms with E-state index in [1.807, 2.05) is 11.3 Å². The lowest BCUT2D eigenvalue weighted by Gasteiger charge is -2.11. The third kappa shape index (κ3) is 4.41. The molecule has 96 valence electrons. The van der Waals surface area contributed by atoms with Crippen LogP contribution in [0, 0.1) is 0 Å². The Morgan fingerprint density at radius 3 is 2.65 bits per heavy atom. The SMILES string of the molecule is CCc1ccc(CNCCNC2CCCC2)s1. The second-order valence-electron chi connectivity index (χ2n) is 4.83. The van der Waals surface area contributed by atoms with E-state index >= 15 is 0 Å². The van der Waals surface area contributed by atoms with Crippen molar-refractivity contribution in [3.63, 3.8) is 0 Å². The number of aryl methyl sites for hydroxylation is 1. The summed E-state index contributed by atoms with van der Waals surface area (Å²) in [6.45, 7) is 5.43. The zero-order chi connectivity index (χ0) is 11.9.